The Bertz CT molecular complexity index is 726. The molecular weight excluding hydrogens is 364 g/mol. The fourth-order valence-corrected chi connectivity index (χ4v) is 3.72. The van der Waals surface area contributed by atoms with Gasteiger partial charge in [0.05, 0.1) is 23.7 Å². The van der Waals surface area contributed by atoms with Crippen molar-refractivity contribution in [2.24, 2.45) is 11.8 Å². The molecule has 28 heavy (non-hydrogen) atoms. The third kappa shape index (κ3) is 4.70. The van der Waals surface area contributed by atoms with E-state index in [2.05, 4.69) is 0 Å². The van der Waals surface area contributed by atoms with Crippen LogP contribution in [0.4, 0.5) is 0 Å². The van der Waals surface area contributed by atoms with Crippen LogP contribution < -0.4 is 0 Å². The van der Waals surface area contributed by atoms with Gasteiger partial charge in [-0.05, 0) is 52.3 Å². The van der Waals surface area contributed by atoms with Gasteiger partial charge in [0.1, 0.15) is 11.7 Å². The highest BCUT2D eigenvalue weighted by Gasteiger charge is 2.57. The number of phenols is 1. The molecule has 0 aromatic heterocycles. The van der Waals surface area contributed by atoms with Crippen LogP contribution in [-0.4, -0.2) is 45.7 Å². The summed E-state index contributed by atoms with van der Waals surface area (Å²) >= 11 is 0. The number of aromatic hydroxyl groups is 1. The number of ether oxygens (including phenoxy) is 2. The molecule has 0 amide bonds. The van der Waals surface area contributed by atoms with E-state index in [0.29, 0.717) is 5.56 Å². The Kier molecular flexibility index (Phi) is 6.49. The van der Waals surface area contributed by atoms with Gasteiger partial charge in [-0.2, -0.15) is 0 Å². The Morgan fingerprint density at radius 2 is 1.54 bits per heavy atom. The summed E-state index contributed by atoms with van der Waals surface area (Å²) in [6, 6.07) is 5.86. The lowest BCUT2D eigenvalue weighted by Gasteiger charge is -2.44. The number of benzene rings is 1. The molecule has 7 nitrogen and oxygen atoms in total. The van der Waals surface area contributed by atoms with Gasteiger partial charge < -0.3 is 19.7 Å². The molecule has 0 aliphatic heterocycles. The van der Waals surface area contributed by atoms with Gasteiger partial charge in [0.25, 0.3) is 0 Å². The zero-order valence-electron chi connectivity index (χ0n) is 16.8. The molecule has 0 bridgehead atoms. The average Bonchev–Trinajstić information content (AvgIpc) is 2.52. The first kappa shape index (κ1) is 21.9. The lowest BCUT2D eigenvalue weighted by Crippen LogP contribution is -2.55. The number of Topliss-reactive ketones (excluding diaryl/α,β-unsaturated/α-hetero) is 1. The van der Waals surface area contributed by atoms with Gasteiger partial charge in [-0.3, -0.25) is 14.4 Å². The maximum absolute atomic E-state index is 12.9. The van der Waals surface area contributed by atoms with Crippen molar-refractivity contribution in [2.45, 2.75) is 64.8 Å². The molecule has 154 valence electrons. The highest BCUT2D eigenvalue weighted by molar-refractivity contribution is 6.02. The first-order valence-electron chi connectivity index (χ1n) is 9.39. The third-order valence-electron chi connectivity index (χ3n) is 4.76. The number of hydrogen-bond donors (Lipinski definition) is 2. The minimum Gasteiger partial charge on any atom is -0.508 e. The molecule has 4 atom stereocenters. The molecule has 0 heterocycles. The molecule has 0 radical (unpaired) electrons. The summed E-state index contributed by atoms with van der Waals surface area (Å²) < 4.78 is 10.6. The van der Waals surface area contributed by atoms with E-state index in [-0.39, 0.29) is 12.2 Å². The molecule has 0 spiro atoms. The monoisotopic (exact) mass is 392 g/mol. The minimum atomic E-state index is -1.69. The summed E-state index contributed by atoms with van der Waals surface area (Å²) in [4.78, 5) is 38.4. The standard InChI is InChI=1S/C21H28O7/c1-11(2)27-19(24)17-15(23)10-21(5,26)18(20(25)28-12(3)4)16(17)13-6-8-14(22)9-7-13/h6-9,11-12,16-18,22,26H,10H2,1-5H3/t16-,17-,18+,21+/m1/s1. The van der Waals surface area contributed by atoms with E-state index in [1.54, 1.807) is 27.7 Å². The number of carbonyl (C=O) groups is 3. The molecule has 1 fully saturated rings. The van der Waals surface area contributed by atoms with Gasteiger partial charge in [-0.25, -0.2) is 0 Å². The molecule has 1 aliphatic carbocycles. The zero-order chi connectivity index (χ0) is 21.2. The Morgan fingerprint density at radius 3 is 2.04 bits per heavy atom. The Hall–Kier alpha value is -2.41. The predicted octanol–water partition coefficient (Wildman–Crippen LogP) is 2.34. The van der Waals surface area contributed by atoms with E-state index < -0.39 is 53.3 Å². The topological polar surface area (TPSA) is 110 Å². The van der Waals surface area contributed by atoms with Gasteiger partial charge in [0, 0.05) is 12.3 Å². The minimum absolute atomic E-state index is 0.000241. The second kappa shape index (κ2) is 8.31. The van der Waals surface area contributed by atoms with E-state index in [0.717, 1.165) is 0 Å². The van der Waals surface area contributed by atoms with Crippen molar-refractivity contribution in [1.82, 2.24) is 0 Å². The quantitative estimate of drug-likeness (QED) is 0.584. The predicted molar refractivity (Wildman–Crippen MR) is 101 cm³/mol. The average molecular weight is 392 g/mol. The van der Waals surface area contributed by atoms with Crippen molar-refractivity contribution in [3.8, 4) is 5.75 Å². The Morgan fingerprint density at radius 1 is 1.04 bits per heavy atom. The molecule has 0 unspecified atom stereocenters. The second-order valence-electron chi connectivity index (χ2n) is 8.04. The number of carbonyl (C=O) groups excluding carboxylic acids is 3. The summed E-state index contributed by atoms with van der Waals surface area (Å²) in [5, 5.41) is 20.5. The summed E-state index contributed by atoms with van der Waals surface area (Å²) in [6.45, 7) is 8.10. The summed E-state index contributed by atoms with van der Waals surface area (Å²) in [6.07, 6.45) is -1.23. The highest BCUT2D eigenvalue weighted by atomic mass is 16.5. The number of aliphatic hydroxyl groups is 1. The van der Waals surface area contributed by atoms with Gasteiger partial charge >= 0.3 is 11.9 Å². The largest absolute Gasteiger partial charge is 0.508 e. The van der Waals surface area contributed by atoms with Crippen LogP contribution in [0.15, 0.2) is 24.3 Å². The smallest absolute Gasteiger partial charge is 0.317 e. The van der Waals surface area contributed by atoms with Crippen LogP contribution in [0.5, 0.6) is 5.75 Å². The molecule has 7 heteroatoms. The number of esters is 2. The van der Waals surface area contributed by atoms with Crippen LogP contribution in [-0.2, 0) is 23.9 Å². The Labute approximate surface area is 164 Å². The molecular formula is C21H28O7. The summed E-state index contributed by atoms with van der Waals surface area (Å²) in [5.41, 5.74) is -1.23. The highest BCUT2D eigenvalue weighted by Crippen LogP contribution is 2.47. The Balaban J connectivity index is 2.59. The summed E-state index contributed by atoms with van der Waals surface area (Å²) in [7, 11) is 0. The second-order valence-corrected chi connectivity index (χ2v) is 8.04. The van der Waals surface area contributed by atoms with Crippen LogP contribution in [0.1, 0.15) is 52.5 Å². The molecule has 2 N–H and O–H groups in total. The van der Waals surface area contributed by atoms with Gasteiger partial charge in [-0.1, -0.05) is 12.1 Å². The molecule has 1 saturated carbocycles. The number of ketones is 1. The molecule has 1 aliphatic rings. The van der Waals surface area contributed by atoms with E-state index in [1.807, 2.05) is 0 Å². The lowest BCUT2D eigenvalue weighted by molar-refractivity contribution is -0.176. The normalized spacial score (nSPS) is 27.7. The van der Waals surface area contributed by atoms with Crippen LogP contribution >= 0.6 is 0 Å². The molecule has 1 aromatic rings. The fourth-order valence-electron chi connectivity index (χ4n) is 3.72. The van der Waals surface area contributed by atoms with Crippen LogP contribution in [0.3, 0.4) is 0 Å². The van der Waals surface area contributed by atoms with Crippen LogP contribution in [0, 0.1) is 11.8 Å². The van der Waals surface area contributed by atoms with Crippen molar-refractivity contribution in [2.75, 3.05) is 0 Å². The van der Waals surface area contributed by atoms with Gasteiger partial charge in [0.2, 0.25) is 0 Å². The lowest BCUT2D eigenvalue weighted by atomic mass is 9.61. The first-order chi connectivity index (χ1) is 12.9. The number of phenolic OH excluding ortho intramolecular Hbond substituents is 1. The van der Waals surface area contributed by atoms with E-state index in [4.69, 9.17) is 9.47 Å². The van der Waals surface area contributed by atoms with Crippen molar-refractivity contribution in [1.29, 1.82) is 0 Å². The summed E-state index contributed by atoms with van der Waals surface area (Å²) in [5.74, 6) is -5.31. The maximum atomic E-state index is 12.9. The van der Waals surface area contributed by atoms with E-state index in [1.165, 1.54) is 31.2 Å². The van der Waals surface area contributed by atoms with Gasteiger partial charge in [0.15, 0.2) is 5.78 Å². The van der Waals surface area contributed by atoms with Crippen molar-refractivity contribution >= 4 is 17.7 Å². The van der Waals surface area contributed by atoms with Crippen molar-refractivity contribution in [3.63, 3.8) is 0 Å². The number of hydrogen-bond acceptors (Lipinski definition) is 7. The van der Waals surface area contributed by atoms with Crippen LogP contribution in [0.2, 0.25) is 0 Å². The van der Waals surface area contributed by atoms with Crippen LogP contribution in [0.25, 0.3) is 0 Å². The molecule has 2 rings (SSSR count). The molecule has 1 aromatic carbocycles. The molecule has 0 saturated heterocycles. The van der Waals surface area contributed by atoms with Crippen molar-refractivity contribution in [3.05, 3.63) is 29.8 Å². The zero-order valence-corrected chi connectivity index (χ0v) is 16.8. The SMILES string of the molecule is CC(C)OC(=O)[C@@H]1C(=O)C[C@](C)(O)[C@H](C(=O)OC(C)C)[C@@H]1c1ccc(O)cc1. The first-order valence-corrected chi connectivity index (χ1v) is 9.39. The maximum Gasteiger partial charge on any atom is 0.317 e. The van der Waals surface area contributed by atoms with E-state index >= 15 is 0 Å². The van der Waals surface area contributed by atoms with E-state index in [9.17, 15) is 24.6 Å². The fraction of sp³-hybridized carbons (Fsp3) is 0.571. The third-order valence-corrected chi connectivity index (χ3v) is 4.76. The van der Waals surface area contributed by atoms with Crippen molar-refractivity contribution < 1.29 is 34.1 Å². The van der Waals surface area contributed by atoms with Gasteiger partial charge in [-0.15, -0.1) is 0 Å². The number of rotatable bonds is 5.